The maximum absolute atomic E-state index is 12.0. The first kappa shape index (κ1) is 9.86. The minimum absolute atomic E-state index is 0.00861. The Kier molecular flexibility index (Phi) is 2.51. The molecule has 0 fully saturated rings. The van der Waals surface area contributed by atoms with Crippen LogP contribution in [0.3, 0.4) is 0 Å². The third-order valence-corrected chi connectivity index (χ3v) is 2.17. The Morgan fingerprint density at radius 2 is 2.07 bits per heavy atom. The maximum atomic E-state index is 12.0. The van der Waals surface area contributed by atoms with Crippen molar-refractivity contribution >= 4 is 10.9 Å². The molecule has 2 rings (SSSR count). The molecule has 0 bridgehead atoms. The van der Waals surface area contributed by atoms with Crippen LogP contribution >= 0.6 is 0 Å². The van der Waals surface area contributed by atoms with Crippen molar-refractivity contribution in [3.8, 4) is 0 Å². The van der Waals surface area contributed by atoms with E-state index in [2.05, 4.69) is 4.98 Å². The SMILES string of the molecule is CN(C)Cn1cnc2ccccc2c1=O. The summed E-state index contributed by atoms with van der Waals surface area (Å²) in [4.78, 5) is 18.1. The van der Waals surface area contributed by atoms with Crippen LogP contribution in [0.25, 0.3) is 10.9 Å². The zero-order chi connectivity index (χ0) is 10.8. The molecule has 78 valence electrons. The number of para-hydroxylation sites is 1. The van der Waals surface area contributed by atoms with E-state index in [1.807, 2.05) is 37.2 Å². The van der Waals surface area contributed by atoms with Gasteiger partial charge in [-0.2, -0.15) is 0 Å². The number of fused-ring (bicyclic) bond motifs is 1. The van der Waals surface area contributed by atoms with E-state index in [9.17, 15) is 4.79 Å². The van der Waals surface area contributed by atoms with Gasteiger partial charge >= 0.3 is 0 Å². The van der Waals surface area contributed by atoms with Gasteiger partial charge in [-0.15, -0.1) is 0 Å². The predicted octanol–water partition coefficient (Wildman–Crippen LogP) is 0.916. The fourth-order valence-electron chi connectivity index (χ4n) is 1.51. The molecule has 15 heavy (non-hydrogen) atoms. The minimum Gasteiger partial charge on any atom is -0.292 e. The summed E-state index contributed by atoms with van der Waals surface area (Å²) in [5, 5.41) is 0.668. The molecule has 0 aliphatic carbocycles. The van der Waals surface area contributed by atoms with Crippen LogP contribution in [-0.4, -0.2) is 28.5 Å². The van der Waals surface area contributed by atoms with Gasteiger partial charge in [0.25, 0.3) is 5.56 Å². The van der Waals surface area contributed by atoms with Gasteiger partial charge in [0.1, 0.15) is 0 Å². The van der Waals surface area contributed by atoms with Gasteiger partial charge < -0.3 is 0 Å². The quantitative estimate of drug-likeness (QED) is 0.728. The molecule has 0 N–H and O–H groups in total. The van der Waals surface area contributed by atoms with E-state index in [-0.39, 0.29) is 5.56 Å². The summed E-state index contributed by atoms with van der Waals surface area (Å²) in [6, 6.07) is 7.38. The van der Waals surface area contributed by atoms with Crippen LogP contribution in [-0.2, 0) is 6.67 Å². The highest BCUT2D eigenvalue weighted by atomic mass is 16.1. The second kappa shape index (κ2) is 3.82. The first-order valence-electron chi connectivity index (χ1n) is 4.77. The lowest BCUT2D eigenvalue weighted by Gasteiger charge is -2.11. The van der Waals surface area contributed by atoms with Crippen molar-refractivity contribution in [2.24, 2.45) is 0 Å². The first-order valence-corrected chi connectivity index (χ1v) is 4.77. The van der Waals surface area contributed by atoms with Gasteiger partial charge in [0, 0.05) is 0 Å². The fourth-order valence-corrected chi connectivity index (χ4v) is 1.51. The van der Waals surface area contributed by atoms with Crippen LogP contribution < -0.4 is 5.56 Å². The van der Waals surface area contributed by atoms with E-state index in [1.54, 1.807) is 17.0 Å². The van der Waals surface area contributed by atoms with Gasteiger partial charge in [-0.05, 0) is 26.2 Å². The summed E-state index contributed by atoms with van der Waals surface area (Å²) in [6.07, 6.45) is 1.59. The number of hydrogen-bond acceptors (Lipinski definition) is 3. The minimum atomic E-state index is 0.00861. The van der Waals surface area contributed by atoms with Crippen molar-refractivity contribution in [1.82, 2.24) is 14.5 Å². The molecule has 0 saturated heterocycles. The Hall–Kier alpha value is -1.68. The molecule has 0 spiro atoms. The van der Waals surface area contributed by atoms with Crippen LogP contribution in [0.5, 0.6) is 0 Å². The second-order valence-corrected chi connectivity index (χ2v) is 3.76. The lowest BCUT2D eigenvalue weighted by Crippen LogP contribution is -2.27. The Morgan fingerprint density at radius 3 is 2.80 bits per heavy atom. The Bertz CT molecular complexity index is 531. The molecular weight excluding hydrogens is 190 g/mol. The van der Waals surface area contributed by atoms with Gasteiger partial charge in [0.05, 0.1) is 23.9 Å². The summed E-state index contributed by atoms with van der Waals surface area (Å²) in [7, 11) is 3.84. The van der Waals surface area contributed by atoms with Gasteiger partial charge in [0.15, 0.2) is 0 Å². The van der Waals surface area contributed by atoms with Crippen molar-refractivity contribution in [3.63, 3.8) is 0 Å². The highest BCUT2D eigenvalue weighted by molar-refractivity contribution is 5.76. The van der Waals surface area contributed by atoms with Crippen LogP contribution in [0.4, 0.5) is 0 Å². The summed E-state index contributed by atoms with van der Waals surface area (Å²) in [5.41, 5.74) is 0.756. The van der Waals surface area contributed by atoms with Crippen molar-refractivity contribution in [2.75, 3.05) is 14.1 Å². The zero-order valence-electron chi connectivity index (χ0n) is 8.84. The molecule has 1 heterocycles. The lowest BCUT2D eigenvalue weighted by molar-refractivity contribution is 0.320. The standard InChI is InChI=1S/C11H13N3O/c1-13(2)8-14-7-12-10-6-4-3-5-9(10)11(14)15/h3-7H,8H2,1-2H3. The Labute approximate surface area is 87.8 Å². The molecule has 4 nitrogen and oxygen atoms in total. The number of hydrogen-bond donors (Lipinski definition) is 0. The van der Waals surface area contributed by atoms with Crippen LogP contribution in [0.1, 0.15) is 0 Å². The molecule has 0 saturated carbocycles. The molecule has 0 aliphatic rings. The molecule has 0 radical (unpaired) electrons. The third kappa shape index (κ3) is 1.89. The maximum Gasteiger partial charge on any atom is 0.262 e. The molecule has 0 unspecified atom stereocenters. The number of nitrogens with zero attached hydrogens (tertiary/aromatic N) is 3. The van der Waals surface area contributed by atoms with Gasteiger partial charge in [-0.25, -0.2) is 4.98 Å². The van der Waals surface area contributed by atoms with Gasteiger partial charge in [0.2, 0.25) is 0 Å². The van der Waals surface area contributed by atoms with Crippen molar-refractivity contribution in [3.05, 3.63) is 40.9 Å². The molecule has 0 atom stereocenters. The third-order valence-electron chi connectivity index (χ3n) is 2.17. The highest BCUT2D eigenvalue weighted by Gasteiger charge is 2.02. The predicted molar refractivity (Wildman–Crippen MR) is 59.7 cm³/mol. The molecule has 4 heteroatoms. The Balaban J connectivity index is 2.60. The average molecular weight is 203 g/mol. The number of aromatic nitrogens is 2. The second-order valence-electron chi connectivity index (χ2n) is 3.76. The molecule has 0 aliphatic heterocycles. The molecule has 1 aromatic heterocycles. The van der Waals surface area contributed by atoms with E-state index >= 15 is 0 Å². The normalized spacial score (nSPS) is 11.1. The van der Waals surface area contributed by atoms with E-state index in [0.717, 1.165) is 5.52 Å². The molecule has 0 amide bonds. The smallest absolute Gasteiger partial charge is 0.262 e. The van der Waals surface area contributed by atoms with E-state index < -0.39 is 0 Å². The first-order chi connectivity index (χ1) is 7.18. The summed E-state index contributed by atoms with van der Waals surface area (Å²) in [6.45, 7) is 0.552. The fraction of sp³-hybridized carbons (Fsp3) is 0.273. The van der Waals surface area contributed by atoms with Crippen LogP contribution in [0, 0.1) is 0 Å². The van der Waals surface area contributed by atoms with Gasteiger partial charge in [-0.3, -0.25) is 14.3 Å². The molecule has 1 aromatic carbocycles. The zero-order valence-corrected chi connectivity index (χ0v) is 8.84. The summed E-state index contributed by atoms with van der Waals surface area (Å²) >= 11 is 0. The monoisotopic (exact) mass is 203 g/mol. The van der Waals surface area contributed by atoms with Crippen LogP contribution in [0.2, 0.25) is 0 Å². The van der Waals surface area contributed by atoms with Crippen molar-refractivity contribution < 1.29 is 0 Å². The van der Waals surface area contributed by atoms with Crippen molar-refractivity contribution in [2.45, 2.75) is 6.67 Å². The summed E-state index contributed by atoms with van der Waals surface area (Å²) < 4.78 is 1.60. The number of benzene rings is 1. The lowest BCUT2D eigenvalue weighted by atomic mass is 10.2. The molecular formula is C11H13N3O. The van der Waals surface area contributed by atoms with E-state index in [4.69, 9.17) is 0 Å². The topological polar surface area (TPSA) is 38.1 Å². The average Bonchev–Trinajstić information content (AvgIpc) is 2.22. The Morgan fingerprint density at radius 1 is 1.33 bits per heavy atom. The van der Waals surface area contributed by atoms with Crippen LogP contribution in [0.15, 0.2) is 35.4 Å². The van der Waals surface area contributed by atoms with E-state index in [1.165, 1.54) is 0 Å². The van der Waals surface area contributed by atoms with Gasteiger partial charge in [-0.1, -0.05) is 12.1 Å². The summed E-state index contributed by atoms with van der Waals surface area (Å²) in [5.74, 6) is 0. The van der Waals surface area contributed by atoms with Crippen molar-refractivity contribution in [1.29, 1.82) is 0 Å². The largest absolute Gasteiger partial charge is 0.292 e. The molecule has 2 aromatic rings. The number of rotatable bonds is 2. The van der Waals surface area contributed by atoms with E-state index in [0.29, 0.717) is 12.1 Å². The highest BCUT2D eigenvalue weighted by Crippen LogP contribution is 2.04.